The molecule has 0 radical (unpaired) electrons. The fourth-order valence-electron chi connectivity index (χ4n) is 3.28. The van der Waals surface area contributed by atoms with Crippen molar-refractivity contribution in [2.45, 2.75) is 27.7 Å². The third-order valence-corrected chi connectivity index (χ3v) is 4.69. The lowest BCUT2D eigenvalue weighted by molar-refractivity contribution is 0.0479. The van der Waals surface area contributed by atoms with Gasteiger partial charge in [-0.25, -0.2) is 29.1 Å². The van der Waals surface area contributed by atoms with Gasteiger partial charge in [0.1, 0.15) is 0 Å². The summed E-state index contributed by atoms with van der Waals surface area (Å²) in [5.41, 5.74) is 1.05. The summed E-state index contributed by atoms with van der Waals surface area (Å²) < 4.78 is 20.3. The van der Waals surface area contributed by atoms with E-state index in [0.717, 1.165) is 0 Å². The zero-order chi connectivity index (χ0) is 24.8. The van der Waals surface area contributed by atoms with Gasteiger partial charge in [0.25, 0.3) is 0 Å². The maximum Gasteiger partial charge on any atom is 0.339 e. The van der Waals surface area contributed by atoms with Crippen molar-refractivity contribution in [2.24, 2.45) is 0 Å². The fourth-order valence-corrected chi connectivity index (χ4v) is 3.28. The summed E-state index contributed by atoms with van der Waals surface area (Å²) in [6.45, 7) is 7.04. The van der Waals surface area contributed by atoms with Gasteiger partial charge in [-0.05, 0) is 52.0 Å². The van der Waals surface area contributed by atoms with Crippen LogP contribution in [0, 0.1) is 0 Å². The molecule has 3 aromatic rings. The van der Waals surface area contributed by atoms with E-state index in [4.69, 9.17) is 18.9 Å². The van der Waals surface area contributed by atoms with Gasteiger partial charge >= 0.3 is 23.9 Å². The van der Waals surface area contributed by atoms with Gasteiger partial charge in [-0.2, -0.15) is 0 Å². The third-order valence-electron chi connectivity index (χ3n) is 4.69. The van der Waals surface area contributed by atoms with Gasteiger partial charge in [-0.15, -0.1) is 0 Å². The molecule has 0 atom stereocenters. The first-order chi connectivity index (χ1) is 16.3. The van der Waals surface area contributed by atoms with Crippen LogP contribution in [0.15, 0.2) is 24.3 Å². The largest absolute Gasteiger partial charge is 0.462 e. The molecule has 3 rings (SSSR count). The van der Waals surface area contributed by atoms with Crippen LogP contribution < -0.4 is 0 Å². The highest BCUT2D eigenvalue weighted by atomic mass is 16.5. The minimum atomic E-state index is -0.709. The van der Waals surface area contributed by atoms with Crippen LogP contribution in [-0.2, 0) is 18.9 Å². The van der Waals surface area contributed by atoms with Crippen molar-refractivity contribution in [1.82, 2.24) is 9.97 Å². The number of fused-ring (bicyclic) bond motifs is 2. The van der Waals surface area contributed by atoms with Crippen LogP contribution in [0.4, 0.5) is 0 Å². The maximum atomic E-state index is 12.5. The lowest BCUT2D eigenvalue weighted by Gasteiger charge is -2.12. The molecular weight excluding hydrogens is 444 g/mol. The Bertz CT molecular complexity index is 1090. The first-order valence-corrected chi connectivity index (χ1v) is 10.8. The molecule has 0 aliphatic rings. The summed E-state index contributed by atoms with van der Waals surface area (Å²) in [6.07, 6.45) is 0. The van der Waals surface area contributed by atoms with E-state index < -0.39 is 23.9 Å². The molecule has 1 heterocycles. The maximum absolute atomic E-state index is 12.5. The van der Waals surface area contributed by atoms with E-state index in [9.17, 15) is 19.2 Å². The number of rotatable bonds is 8. The number of hydrogen-bond acceptors (Lipinski definition) is 10. The summed E-state index contributed by atoms with van der Waals surface area (Å²) >= 11 is 0. The van der Waals surface area contributed by atoms with Gasteiger partial charge in [-0.1, -0.05) is 0 Å². The van der Waals surface area contributed by atoms with Crippen LogP contribution in [0.2, 0.25) is 0 Å². The van der Waals surface area contributed by atoms with Gasteiger partial charge in [0.15, 0.2) is 0 Å². The number of ether oxygens (including phenoxy) is 4. The Hall–Kier alpha value is -4.08. The van der Waals surface area contributed by atoms with Crippen LogP contribution in [0.1, 0.15) is 69.1 Å². The van der Waals surface area contributed by atoms with Crippen molar-refractivity contribution in [3.63, 3.8) is 0 Å². The van der Waals surface area contributed by atoms with Crippen molar-refractivity contribution in [1.29, 1.82) is 0 Å². The Labute approximate surface area is 195 Å². The van der Waals surface area contributed by atoms with Crippen molar-refractivity contribution in [3.05, 3.63) is 46.5 Å². The van der Waals surface area contributed by atoms with Gasteiger partial charge in [0.05, 0.1) is 70.7 Å². The SMILES string of the molecule is CCOC(=O)c1cc2nc3cc(C(=O)OCC)c(C(=O)OCC)cc3nc2cc1C(=O)OCC. The average Bonchev–Trinajstić information content (AvgIpc) is 2.81. The smallest absolute Gasteiger partial charge is 0.339 e. The number of nitrogens with zero attached hydrogens (tertiary/aromatic N) is 2. The third kappa shape index (κ3) is 4.95. The molecule has 0 aliphatic heterocycles. The second kappa shape index (κ2) is 10.7. The summed E-state index contributed by atoms with van der Waals surface area (Å²) in [7, 11) is 0. The van der Waals surface area contributed by atoms with E-state index in [1.165, 1.54) is 24.3 Å². The summed E-state index contributed by atoms with van der Waals surface area (Å²) in [6, 6.07) is 5.54. The molecule has 10 nitrogen and oxygen atoms in total. The minimum absolute atomic E-state index is 0.0183. The highest BCUT2D eigenvalue weighted by molar-refractivity contribution is 6.09. The van der Waals surface area contributed by atoms with E-state index in [1.54, 1.807) is 27.7 Å². The molecule has 0 saturated heterocycles. The second-order valence-electron chi connectivity index (χ2n) is 6.88. The lowest BCUT2D eigenvalue weighted by Crippen LogP contribution is -2.15. The predicted molar refractivity (Wildman–Crippen MR) is 121 cm³/mol. The molecule has 0 unspecified atom stereocenters. The van der Waals surface area contributed by atoms with Crippen LogP contribution in [0.3, 0.4) is 0 Å². The average molecular weight is 468 g/mol. The van der Waals surface area contributed by atoms with Crippen LogP contribution >= 0.6 is 0 Å². The number of benzene rings is 2. The standard InChI is InChI=1S/C24H24N2O8/c1-5-31-21(27)13-9-17-18(10-14(13)22(28)32-6-2)26-20-12-16(24(30)34-8-4)15(11-19(20)25-17)23(29)33-7-3/h9-12H,5-8H2,1-4H3. The molecule has 0 fully saturated rings. The zero-order valence-corrected chi connectivity index (χ0v) is 19.3. The molecule has 34 heavy (non-hydrogen) atoms. The van der Waals surface area contributed by atoms with Crippen LogP contribution in [-0.4, -0.2) is 60.3 Å². The lowest BCUT2D eigenvalue weighted by atomic mass is 10.0. The van der Waals surface area contributed by atoms with E-state index >= 15 is 0 Å². The zero-order valence-electron chi connectivity index (χ0n) is 19.3. The number of hydrogen-bond donors (Lipinski definition) is 0. The van der Waals surface area contributed by atoms with E-state index in [0.29, 0.717) is 0 Å². The Morgan fingerprint density at radius 2 is 0.706 bits per heavy atom. The van der Waals surface area contributed by atoms with Gasteiger partial charge in [0.2, 0.25) is 0 Å². The quantitative estimate of drug-likeness (QED) is 0.275. The van der Waals surface area contributed by atoms with E-state index in [-0.39, 0.29) is 70.7 Å². The van der Waals surface area contributed by atoms with Crippen LogP contribution in [0.5, 0.6) is 0 Å². The molecule has 0 bridgehead atoms. The number of carbonyl (C=O) groups is 4. The van der Waals surface area contributed by atoms with E-state index in [1.807, 2.05) is 0 Å². The van der Waals surface area contributed by atoms with Gasteiger partial charge < -0.3 is 18.9 Å². The molecular formula is C24H24N2O8. The molecule has 0 spiro atoms. The van der Waals surface area contributed by atoms with Crippen LogP contribution in [0.25, 0.3) is 22.1 Å². The molecule has 1 aromatic heterocycles. The number of esters is 4. The Morgan fingerprint density at radius 3 is 0.882 bits per heavy atom. The molecule has 0 aliphatic carbocycles. The van der Waals surface area contributed by atoms with Gasteiger partial charge in [0, 0.05) is 0 Å². The Balaban J connectivity index is 2.28. The fraction of sp³-hybridized carbons (Fsp3) is 0.333. The summed E-state index contributed by atoms with van der Waals surface area (Å²) in [5, 5.41) is 0. The van der Waals surface area contributed by atoms with E-state index in [2.05, 4.69) is 9.97 Å². The first kappa shape index (κ1) is 24.6. The monoisotopic (exact) mass is 468 g/mol. The highest BCUT2D eigenvalue weighted by Crippen LogP contribution is 2.25. The minimum Gasteiger partial charge on any atom is -0.462 e. The molecule has 0 amide bonds. The molecule has 10 heteroatoms. The highest BCUT2D eigenvalue weighted by Gasteiger charge is 2.24. The van der Waals surface area contributed by atoms with Crippen molar-refractivity contribution < 1.29 is 38.1 Å². The second-order valence-corrected chi connectivity index (χ2v) is 6.88. The predicted octanol–water partition coefficient (Wildman–Crippen LogP) is 3.49. The first-order valence-electron chi connectivity index (χ1n) is 10.8. The number of carbonyl (C=O) groups excluding carboxylic acids is 4. The Kier molecular flexibility index (Phi) is 7.72. The molecule has 0 N–H and O–H groups in total. The summed E-state index contributed by atoms with van der Waals surface area (Å²) in [5.74, 6) is -2.84. The molecule has 178 valence electrons. The van der Waals surface area contributed by atoms with Gasteiger partial charge in [-0.3, -0.25) is 0 Å². The topological polar surface area (TPSA) is 131 Å². The molecule has 2 aromatic carbocycles. The molecule has 0 saturated carbocycles. The van der Waals surface area contributed by atoms with Crippen molar-refractivity contribution in [2.75, 3.05) is 26.4 Å². The Morgan fingerprint density at radius 1 is 0.500 bits per heavy atom. The summed E-state index contributed by atoms with van der Waals surface area (Å²) in [4.78, 5) is 58.9. The van der Waals surface area contributed by atoms with Crippen molar-refractivity contribution in [3.8, 4) is 0 Å². The normalized spacial score (nSPS) is 10.7. The number of aromatic nitrogens is 2. The van der Waals surface area contributed by atoms with Crippen molar-refractivity contribution >= 4 is 45.9 Å².